The lowest BCUT2D eigenvalue weighted by Crippen LogP contribution is -1.87. The highest BCUT2D eigenvalue weighted by molar-refractivity contribution is 8.57. The van der Waals surface area contributed by atoms with Crippen molar-refractivity contribution in [2.75, 3.05) is 12.2 Å². The van der Waals surface area contributed by atoms with Crippen molar-refractivity contribution < 1.29 is 23.8 Å². The van der Waals surface area contributed by atoms with Gasteiger partial charge in [-0.25, -0.2) is 0 Å². The van der Waals surface area contributed by atoms with E-state index in [0.29, 0.717) is 16.3 Å². The topological polar surface area (TPSA) is 94.8 Å². The Labute approximate surface area is 107 Å². The first-order chi connectivity index (χ1) is 7.72. The Hall–Kier alpha value is 0.260. The molecule has 0 spiro atoms. The van der Waals surface area contributed by atoms with Crippen LogP contribution in [0, 0.1) is 0 Å². The SMILES string of the molecule is CSc1ccc(SP(=O)(O)CP(=O)(O)O)cc1. The molecule has 0 bridgehead atoms. The Morgan fingerprint density at radius 3 is 1.94 bits per heavy atom. The zero-order valence-corrected chi connectivity index (χ0v) is 12.3. The summed E-state index contributed by atoms with van der Waals surface area (Å²) in [5.41, 5.74) is 0. The largest absolute Gasteiger partial charge is 0.336 e. The molecular formula is C8H12O5P2S2. The van der Waals surface area contributed by atoms with Gasteiger partial charge in [0.05, 0.1) is 0 Å². The zero-order valence-electron chi connectivity index (χ0n) is 8.89. The second-order valence-corrected chi connectivity index (χ2v) is 10.7. The van der Waals surface area contributed by atoms with E-state index >= 15 is 0 Å². The molecule has 96 valence electrons. The molecule has 1 unspecified atom stereocenters. The minimum absolute atomic E-state index is 0.516. The van der Waals surface area contributed by atoms with Crippen LogP contribution in [0.4, 0.5) is 0 Å². The van der Waals surface area contributed by atoms with E-state index in [2.05, 4.69) is 0 Å². The molecule has 9 heteroatoms. The zero-order chi connectivity index (χ0) is 13.1. The van der Waals surface area contributed by atoms with Crippen LogP contribution >= 0.6 is 37.3 Å². The van der Waals surface area contributed by atoms with Crippen LogP contribution in [0.5, 0.6) is 0 Å². The third-order valence-corrected chi connectivity index (χ3v) is 8.61. The Morgan fingerprint density at radius 1 is 1.06 bits per heavy atom. The first kappa shape index (κ1) is 15.3. The Kier molecular flexibility index (Phi) is 5.35. The summed E-state index contributed by atoms with van der Waals surface area (Å²) in [5.74, 6) is -1.01. The summed E-state index contributed by atoms with van der Waals surface area (Å²) in [5, 5.41) is 0. The molecule has 1 aromatic rings. The monoisotopic (exact) mass is 314 g/mol. The van der Waals surface area contributed by atoms with Crippen molar-refractivity contribution in [3.8, 4) is 0 Å². The minimum Gasteiger partial charge on any atom is -0.336 e. The molecule has 0 aliphatic heterocycles. The second-order valence-electron chi connectivity index (χ2n) is 3.21. The molecule has 1 aromatic carbocycles. The maximum Gasteiger partial charge on any atom is 0.336 e. The van der Waals surface area contributed by atoms with Crippen molar-refractivity contribution in [1.29, 1.82) is 0 Å². The van der Waals surface area contributed by atoms with Gasteiger partial charge in [-0.05, 0) is 41.9 Å². The number of hydrogen-bond acceptors (Lipinski definition) is 4. The van der Waals surface area contributed by atoms with Crippen molar-refractivity contribution in [2.45, 2.75) is 9.79 Å². The highest BCUT2D eigenvalue weighted by Crippen LogP contribution is 2.65. The molecule has 0 saturated carbocycles. The Bertz CT molecular complexity index is 469. The molecule has 0 aliphatic carbocycles. The molecule has 0 saturated heterocycles. The predicted molar refractivity (Wildman–Crippen MR) is 70.8 cm³/mol. The normalized spacial score (nSPS) is 15.5. The third kappa shape index (κ3) is 6.11. The van der Waals surface area contributed by atoms with Gasteiger partial charge in [0, 0.05) is 9.79 Å². The van der Waals surface area contributed by atoms with Crippen LogP contribution in [0.25, 0.3) is 0 Å². The molecular weight excluding hydrogens is 302 g/mol. The molecule has 0 amide bonds. The number of hydrogen-bond donors (Lipinski definition) is 3. The molecule has 0 aliphatic rings. The number of thioether (sulfide) groups is 1. The van der Waals surface area contributed by atoms with Gasteiger partial charge in [-0.15, -0.1) is 11.8 Å². The van der Waals surface area contributed by atoms with Gasteiger partial charge < -0.3 is 14.7 Å². The molecule has 1 atom stereocenters. The molecule has 3 N–H and O–H groups in total. The van der Waals surface area contributed by atoms with Crippen LogP contribution in [0.3, 0.4) is 0 Å². The van der Waals surface area contributed by atoms with Gasteiger partial charge >= 0.3 is 7.60 Å². The number of benzene rings is 1. The summed E-state index contributed by atoms with van der Waals surface area (Å²) >= 11 is 2.14. The average Bonchev–Trinajstić information content (AvgIpc) is 2.14. The summed E-state index contributed by atoms with van der Waals surface area (Å²) in [6.07, 6.45) is 1.91. The first-order valence-corrected chi connectivity index (χ1v) is 10.7. The molecule has 0 radical (unpaired) electrons. The highest BCUT2D eigenvalue weighted by Gasteiger charge is 2.30. The minimum atomic E-state index is -4.48. The number of rotatable bonds is 5. The van der Waals surface area contributed by atoms with Gasteiger partial charge in [0.15, 0.2) is 0 Å². The second kappa shape index (κ2) is 5.93. The Balaban J connectivity index is 2.76. The quantitative estimate of drug-likeness (QED) is 0.568. The standard InChI is InChI=1S/C8H12O5P2S2/c1-16-7-2-4-8(5-3-7)17-15(12,13)6-14(9,10)11/h2-5H,6H2,1H3,(H,12,13)(H2,9,10,11). The van der Waals surface area contributed by atoms with Crippen LogP contribution < -0.4 is 0 Å². The lowest BCUT2D eigenvalue weighted by molar-refractivity contribution is 0.377. The lowest BCUT2D eigenvalue weighted by Gasteiger charge is -2.11. The van der Waals surface area contributed by atoms with Crippen LogP contribution in [0.15, 0.2) is 34.1 Å². The van der Waals surface area contributed by atoms with Gasteiger partial charge in [0.1, 0.15) is 5.90 Å². The van der Waals surface area contributed by atoms with Gasteiger partial charge in [-0.3, -0.25) is 9.13 Å². The first-order valence-electron chi connectivity index (χ1n) is 4.42. The van der Waals surface area contributed by atoms with Crippen LogP contribution in [-0.2, 0) is 9.13 Å². The van der Waals surface area contributed by atoms with Gasteiger partial charge in [-0.1, -0.05) is 0 Å². The fourth-order valence-electron chi connectivity index (χ4n) is 1.06. The molecule has 1 rings (SSSR count). The van der Waals surface area contributed by atoms with E-state index in [0.717, 1.165) is 4.90 Å². The average molecular weight is 314 g/mol. The van der Waals surface area contributed by atoms with Crippen LogP contribution in [-0.4, -0.2) is 26.8 Å². The van der Waals surface area contributed by atoms with Crippen LogP contribution in [0.1, 0.15) is 0 Å². The fraction of sp³-hybridized carbons (Fsp3) is 0.250. The maximum absolute atomic E-state index is 11.6. The summed E-state index contributed by atoms with van der Waals surface area (Å²) in [6, 6.07) is 6.87. The third-order valence-electron chi connectivity index (χ3n) is 1.67. The molecule has 5 nitrogen and oxygen atoms in total. The van der Waals surface area contributed by atoms with Crippen molar-refractivity contribution >= 4 is 37.3 Å². The summed E-state index contributed by atoms with van der Waals surface area (Å²) in [7, 11) is -4.48. The van der Waals surface area contributed by atoms with E-state index in [-0.39, 0.29) is 0 Å². The summed E-state index contributed by atoms with van der Waals surface area (Å²) in [4.78, 5) is 28.3. The van der Waals surface area contributed by atoms with Crippen molar-refractivity contribution in [3.63, 3.8) is 0 Å². The van der Waals surface area contributed by atoms with E-state index in [9.17, 15) is 14.0 Å². The van der Waals surface area contributed by atoms with Gasteiger partial charge in [0.25, 0.3) is 6.57 Å². The maximum atomic E-state index is 11.6. The Morgan fingerprint density at radius 2 is 1.53 bits per heavy atom. The lowest BCUT2D eigenvalue weighted by atomic mass is 10.4. The van der Waals surface area contributed by atoms with Crippen LogP contribution in [0.2, 0.25) is 0 Å². The predicted octanol–water partition coefficient (Wildman–Crippen LogP) is 2.82. The van der Waals surface area contributed by atoms with Crippen molar-refractivity contribution in [3.05, 3.63) is 24.3 Å². The molecule has 17 heavy (non-hydrogen) atoms. The summed E-state index contributed by atoms with van der Waals surface area (Å²) < 4.78 is 22.3. The van der Waals surface area contributed by atoms with Gasteiger partial charge in [-0.2, -0.15) is 0 Å². The smallest absolute Gasteiger partial charge is 0.336 e. The fourth-order valence-corrected chi connectivity index (χ4v) is 7.38. The highest BCUT2D eigenvalue weighted by atomic mass is 32.7. The molecule has 0 heterocycles. The van der Waals surface area contributed by atoms with E-state index in [1.807, 2.05) is 6.26 Å². The van der Waals surface area contributed by atoms with Crippen molar-refractivity contribution in [2.24, 2.45) is 0 Å². The van der Waals surface area contributed by atoms with E-state index in [1.54, 1.807) is 36.0 Å². The van der Waals surface area contributed by atoms with E-state index < -0.39 is 20.1 Å². The molecule has 0 aromatic heterocycles. The van der Waals surface area contributed by atoms with E-state index in [4.69, 9.17) is 9.79 Å². The van der Waals surface area contributed by atoms with E-state index in [1.165, 1.54) is 0 Å². The summed E-state index contributed by atoms with van der Waals surface area (Å²) in [6.45, 7) is -3.91. The molecule has 0 fully saturated rings. The van der Waals surface area contributed by atoms with Crippen molar-refractivity contribution in [1.82, 2.24) is 0 Å². The van der Waals surface area contributed by atoms with Gasteiger partial charge in [0.2, 0.25) is 0 Å².